The van der Waals surface area contributed by atoms with Crippen LogP contribution in [0.15, 0.2) is 0 Å². The van der Waals surface area contributed by atoms with Crippen LogP contribution in [0.4, 0.5) is 0 Å². The van der Waals surface area contributed by atoms with Crippen molar-refractivity contribution in [2.45, 2.75) is 13.3 Å². The Kier molecular flexibility index (Phi) is 3.98. The van der Waals surface area contributed by atoms with Gasteiger partial charge in [0.2, 0.25) is 0 Å². The van der Waals surface area contributed by atoms with Crippen molar-refractivity contribution in [2.75, 3.05) is 12.4 Å². The quantitative estimate of drug-likeness (QED) is 0.369. The number of hydrogen-bond donors (Lipinski definition) is 0. The van der Waals surface area contributed by atoms with Crippen LogP contribution in [0.5, 0.6) is 0 Å². The number of hydrogen-bond acceptors (Lipinski definition) is 4. The van der Waals surface area contributed by atoms with Crippen LogP contribution in [0.1, 0.15) is 13.3 Å². The predicted octanol–water partition coefficient (Wildman–Crippen LogP) is 1.20. The summed E-state index contributed by atoms with van der Waals surface area (Å²) in [5.74, 6) is 3.39. The van der Waals surface area contributed by atoms with Gasteiger partial charge in [-0.2, -0.15) is 0 Å². The number of carbonyl (C=O) groups is 1. The molecule has 1 unspecified atom stereocenters. The van der Waals surface area contributed by atoms with E-state index >= 15 is 0 Å². The summed E-state index contributed by atoms with van der Waals surface area (Å²) < 4.78 is 9.62. The summed E-state index contributed by atoms with van der Waals surface area (Å²) >= 11 is 1.40. The van der Waals surface area contributed by atoms with Crippen LogP contribution in [-0.2, 0) is 13.7 Å². The highest BCUT2D eigenvalue weighted by atomic mass is 32.2. The minimum atomic E-state index is -0.263. The molecule has 4 heteroatoms. The Labute approximate surface area is 76.0 Å². The molecule has 0 N–H and O–H groups in total. The highest BCUT2D eigenvalue weighted by Gasteiger charge is 2.20. The maximum atomic E-state index is 11.0. The molecule has 0 aromatic heterocycles. The highest BCUT2D eigenvalue weighted by molar-refractivity contribution is 7.94. The molecule has 0 amide bonds. The van der Waals surface area contributed by atoms with Crippen molar-refractivity contribution in [3.63, 3.8) is 0 Å². The number of rotatable bonds is 2. The van der Waals surface area contributed by atoms with Crippen molar-refractivity contribution in [3.05, 3.63) is 0 Å². The molecule has 12 heavy (non-hydrogen) atoms. The molecule has 66 valence electrons. The third kappa shape index (κ3) is 3.16. The molecule has 1 saturated heterocycles. The van der Waals surface area contributed by atoms with E-state index in [1.807, 2.05) is 0 Å². The Morgan fingerprint density at radius 1 is 1.83 bits per heavy atom. The lowest BCUT2D eigenvalue weighted by Gasteiger charge is -2.01. The molecular formula is C8H10O3S. The van der Waals surface area contributed by atoms with E-state index in [0.717, 1.165) is 5.75 Å². The van der Waals surface area contributed by atoms with Gasteiger partial charge in [0.15, 0.2) is 0 Å². The Morgan fingerprint density at radius 3 is 3.25 bits per heavy atom. The molecule has 0 aromatic rings. The fraction of sp³-hybridized carbons (Fsp3) is 0.625. The molecule has 0 spiro atoms. The van der Waals surface area contributed by atoms with Crippen LogP contribution in [0.2, 0.25) is 0 Å². The molecule has 1 rings (SSSR count). The summed E-state index contributed by atoms with van der Waals surface area (Å²) in [7, 11) is 0. The van der Waals surface area contributed by atoms with Gasteiger partial charge in [-0.05, 0) is 12.0 Å². The zero-order chi connectivity index (χ0) is 8.81. The molecule has 0 saturated carbocycles. The van der Waals surface area contributed by atoms with Crippen LogP contribution < -0.4 is 0 Å². The minimum absolute atomic E-state index is 0.263. The van der Waals surface area contributed by atoms with Gasteiger partial charge in [0.05, 0.1) is 13.0 Å². The third-order valence-corrected chi connectivity index (χ3v) is 2.32. The van der Waals surface area contributed by atoms with E-state index < -0.39 is 0 Å². The van der Waals surface area contributed by atoms with Gasteiger partial charge >= 0.3 is 5.97 Å². The monoisotopic (exact) mass is 186 g/mol. The Morgan fingerprint density at radius 2 is 2.67 bits per heavy atom. The van der Waals surface area contributed by atoms with Crippen LogP contribution in [0.3, 0.4) is 0 Å². The van der Waals surface area contributed by atoms with E-state index in [1.165, 1.54) is 12.0 Å². The molecular weight excluding hydrogens is 176 g/mol. The van der Waals surface area contributed by atoms with E-state index in [2.05, 4.69) is 16.8 Å². The summed E-state index contributed by atoms with van der Waals surface area (Å²) in [6.45, 7) is 2.27. The SMILES string of the molecule is CC#COC(=O)CC1COSC1. The van der Waals surface area contributed by atoms with Crippen molar-refractivity contribution < 1.29 is 13.7 Å². The van der Waals surface area contributed by atoms with E-state index in [-0.39, 0.29) is 5.97 Å². The first kappa shape index (κ1) is 9.43. The van der Waals surface area contributed by atoms with Crippen molar-refractivity contribution >= 4 is 18.0 Å². The van der Waals surface area contributed by atoms with Crippen molar-refractivity contribution in [1.29, 1.82) is 0 Å². The molecule has 1 aliphatic heterocycles. The fourth-order valence-corrected chi connectivity index (χ4v) is 1.63. The topological polar surface area (TPSA) is 35.5 Å². The lowest BCUT2D eigenvalue weighted by atomic mass is 10.1. The summed E-state index contributed by atoms with van der Waals surface area (Å²) in [5.41, 5.74) is 0. The van der Waals surface area contributed by atoms with Gasteiger partial charge < -0.3 is 8.92 Å². The van der Waals surface area contributed by atoms with Crippen LogP contribution in [0, 0.1) is 17.9 Å². The van der Waals surface area contributed by atoms with Gasteiger partial charge in [-0.25, -0.2) is 0 Å². The average molecular weight is 186 g/mol. The molecule has 0 bridgehead atoms. The number of esters is 1. The van der Waals surface area contributed by atoms with Gasteiger partial charge in [-0.3, -0.25) is 4.79 Å². The zero-order valence-electron chi connectivity index (χ0n) is 6.83. The Hall–Kier alpha value is -0.660. The third-order valence-electron chi connectivity index (χ3n) is 1.41. The summed E-state index contributed by atoms with van der Waals surface area (Å²) in [6, 6.07) is 0. The summed E-state index contributed by atoms with van der Waals surface area (Å²) in [5, 5.41) is 0. The molecule has 0 radical (unpaired) electrons. The van der Waals surface area contributed by atoms with Crippen LogP contribution >= 0.6 is 12.0 Å². The predicted molar refractivity (Wildman–Crippen MR) is 46.1 cm³/mol. The van der Waals surface area contributed by atoms with E-state index in [0.29, 0.717) is 18.9 Å². The lowest BCUT2D eigenvalue weighted by Crippen LogP contribution is -2.11. The van der Waals surface area contributed by atoms with E-state index in [4.69, 9.17) is 4.18 Å². The second-order valence-electron chi connectivity index (χ2n) is 2.47. The van der Waals surface area contributed by atoms with Gasteiger partial charge in [-0.15, -0.1) is 0 Å². The molecule has 0 aromatic carbocycles. The van der Waals surface area contributed by atoms with Gasteiger partial charge in [0, 0.05) is 18.6 Å². The molecule has 1 aliphatic rings. The Balaban J connectivity index is 2.19. The normalized spacial score (nSPS) is 21.2. The first-order valence-electron chi connectivity index (χ1n) is 3.68. The van der Waals surface area contributed by atoms with Gasteiger partial charge in [-0.1, -0.05) is 5.92 Å². The van der Waals surface area contributed by atoms with E-state index in [9.17, 15) is 4.79 Å². The van der Waals surface area contributed by atoms with Gasteiger partial charge in [0.1, 0.15) is 6.11 Å². The molecule has 1 heterocycles. The standard InChI is InChI=1S/C8H10O3S/c1-2-3-10-8(9)4-7-5-11-12-6-7/h7H,4-6H2,1H3. The van der Waals surface area contributed by atoms with Crippen molar-refractivity contribution in [3.8, 4) is 12.0 Å². The second-order valence-corrected chi connectivity index (χ2v) is 3.27. The minimum Gasteiger partial charge on any atom is -0.372 e. The second kappa shape index (κ2) is 5.07. The molecule has 0 aliphatic carbocycles. The molecule has 1 fully saturated rings. The fourth-order valence-electron chi connectivity index (χ4n) is 0.840. The first-order valence-corrected chi connectivity index (χ1v) is 4.60. The number of carbonyl (C=O) groups excluding carboxylic acids is 1. The highest BCUT2D eigenvalue weighted by Crippen LogP contribution is 2.23. The number of ether oxygens (including phenoxy) is 1. The zero-order valence-corrected chi connectivity index (χ0v) is 7.65. The van der Waals surface area contributed by atoms with Crippen molar-refractivity contribution in [1.82, 2.24) is 0 Å². The maximum absolute atomic E-state index is 11.0. The van der Waals surface area contributed by atoms with E-state index in [1.54, 1.807) is 6.92 Å². The molecule has 3 nitrogen and oxygen atoms in total. The summed E-state index contributed by atoms with van der Waals surface area (Å²) in [4.78, 5) is 11.0. The van der Waals surface area contributed by atoms with Crippen molar-refractivity contribution in [2.24, 2.45) is 5.92 Å². The maximum Gasteiger partial charge on any atom is 0.320 e. The smallest absolute Gasteiger partial charge is 0.320 e. The molecule has 1 atom stereocenters. The largest absolute Gasteiger partial charge is 0.372 e. The summed E-state index contributed by atoms with van der Waals surface area (Å²) in [6.07, 6.45) is 2.68. The van der Waals surface area contributed by atoms with Crippen LogP contribution in [0.25, 0.3) is 0 Å². The first-order chi connectivity index (χ1) is 5.83. The average Bonchev–Trinajstić information content (AvgIpc) is 2.53. The Bertz CT molecular complexity index is 210. The van der Waals surface area contributed by atoms with Crippen LogP contribution in [-0.4, -0.2) is 18.3 Å². The van der Waals surface area contributed by atoms with Gasteiger partial charge in [0.25, 0.3) is 0 Å². The lowest BCUT2D eigenvalue weighted by molar-refractivity contribution is -0.137.